The Labute approximate surface area is 150 Å². The molecule has 3 aromatic carbocycles. The molecule has 5 heteroatoms. The van der Waals surface area contributed by atoms with Crippen molar-refractivity contribution in [1.29, 1.82) is 0 Å². The number of ether oxygens (including phenoxy) is 1. The van der Waals surface area contributed by atoms with Gasteiger partial charge in [-0.25, -0.2) is 5.48 Å². The maximum absolute atomic E-state index is 11.4. The first-order chi connectivity index (χ1) is 12.2. The van der Waals surface area contributed by atoms with Gasteiger partial charge in [0.25, 0.3) is 5.91 Å². The van der Waals surface area contributed by atoms with Crippen LogP contribution in [-0.2, 0) is 6.61 Å². The fourth-order valence-electron chi connectivity index (χ4n) is 2.39. The number of hydrogen-bond donors (Lipinski definition) is 2. The number of benzene rings is 3. The van der Waals surface area contributed by atoms with Crippen molar-refractivity contribution in [3.05, 3.63) is 88.9 Å². The van der Waals surface area contributed by atoms with Crippen LogP contribution in [0.15, 0.2) is 72.8 Å². The van der Waals surface area contributed by atoms with Gasteiger partial charge in [0, 0.05) is 10.6 Å². The van der Waals surface area contributed by atoms with Crippen LogP contribution in [-0.4, -0.2) is 11.1 Å². The maximum atomic E-state index is 11.4. The summed E-state index contributed by atoms with van der Waals surface area (Å²) in [7, 11) is 0. The van der Waals surface area contributed by atoms with E-state index in [0.717, 1.165) is 16.7 Å². The average Bonchev–Trinajstić information content (AvgIpc) is 2.67. The zero-order valence-corrected chi connectivity index (χ0v) is 14.0. The third kappa shape index (κ3) is 4.38. The van der Waals surface area contributed by atoms with Gasteiger partial charge in [0.1, 0.15) is 12.4 Å². The normalized spacial score (nSPS) is 10.3. The van der Waals surface area contributed by atoms with Gasteiger partial charge in [0.15, 0.2) is 0 Å². The molecule has 126 valence electrons. The lowest BCUT2D eigenvalue weighted by molar-refractivity contribution is 0.0706. The quantitative estimate of drug-likeness (QED) is 0.516. The van der Waals surface area contributed by atoms with Crippen LogP contribution in [0.25, 0.3) is 11.1 Å². The summed E-state index contributed by atoms with van der Waals surface area (Å²) in [5.74, 6) is -0.0133. The van der Waals surface area contributed by atoms with Gasteiger partial charge in [-0.2, -0.15) is 0 Å². The molecular formula is C20H16ClNO3. The highest BCUT2D eigenvalue weighted by Crippen LogP contribution is 2.22. The second kappa shape index (κ2) is 7.83. The summed E-state index contributed by atoms with van der Waals surface area (Å²) >= 11 is 5.91. The Balaban J connectivity index is 1.66. The van der Waals surface area contributed by atoms with Crippen molar-refractivity contribution < 1.29 is 14.7 Å². The highest BCUT2D eigenvalue weighted by atomic mass is 35.5. The van der Waals surface area contributed by atoms with E-state index in [1.54, 1.807) is 29.7 Å². The standard InChI is InChI=1S/C20H16ClNO3/c21-18-10-8-16(9-11-18)15-6-4-14(5-7-15)13-25-19-3-1-2-17(12-19)20(23)22-24/h1-12,24H,13H2,(H,22,23). The smallest absolute Gasteiger partial charge is 0.274 e. The maximum Gasteiger partial charge on any atom is 0.274 e. The summed E-state index contributed by atoms with van der Waals surface area (Å²) in [6.07, 6.45) is 0. The molecule has 0 aliphatic carbocycles. The SMILES string of the molecule is O=C(NO)c1cccc(OCc2ccc(-c3ccc(Cl)cc3)cc2)c1. The molecule has 0 fully saturated rings. The molecule has 0 spiro atoms. The average molecular weight is 354 g/mol. The lowest BCUT2D eigenvalue weighted by Crippen LogP contribution is -2.18. The summed E-state index contributed by atoms with van der Waals surface area (Å²) in [5.41, 5.74) is 5.14. The molecule has 0 saturated heterocycles. The zero-order chi connectivity index (χ0) is 17.6. The topological polar surface area (TPSA) is 58.6 Å². The molecule has 25 heavy (non-hydrogen) atoms. The molecule has 0 atom stereocenters. The molecular weight excluding hydrogens is 338 g/mol. The summed E-state index contributed by atoms with van der Waals surface area (Å²) in [4.78, 5) is 11.4. The fourth-order valence-corrected chi connectivity index (χ4v) is 2.52. The van der Waals surface area contributed by atoms with Gasteiger partial charge in [-0.15, -0.1) is 0 Å². The Bertz CT molecular complexity index is 861. The molecule has 0 bridgehead atoms. The van der Waals surface area contributed by atoms with E-state index in [4.69, 9.17) is 21.5 Å². The summed E-state index contributed by atoms with van der Waals surface area (Å²) < 4.78 is 5.71. The Hall–Kier alpha value is -2.82. The van der Waals surface area contributed by atoms with Crippen LogP contribution < -0.4 is 10.2 Å². The van der Waals surface area contributed by atoms with Crippen LogP contribution in [0.1, 0.15) is 15.9 Å². The van der Waals surface area contributed by atoms with Crippen molar-refractivity contribution in [3.8, 4) is 16.9 Å². The lowest BCUT2D eigenvalue weighted by atomic mass is 10.0. The van der Waals surface area contributed by atoms with Crippen LogP contribution in [0.3, 0.4) is 0 Å². The summed E-state index contributed by atoms with van der Waals surface area (Å²) in [6, 6.07) is 22.4. The summed E-state index contributed by atoms with van der Waals surface area (Å²) in [5, 5.41) is 9.39. The van der Waals surface area contributed by atoms with Crippen molar-refractivity contribution in [3.63, 3.8) is 0 Å². The Morgan fingerprint density at radius 3 is 2.24 bits per heavy atom. The molecule has 3 rings (SSSR count). The highest BCUT2D eigenvalue weighted by Gasteiger charge is 2.05. The van der Waals surface area contributed by atoms with E-state index in [0.29, 0.717) is 22.9 Å². The number of hydroxylamine groups is 1. The minimum absolute atomic E-state index is 0.332. The van der Waals surface area contributed by atoms with E-state index in [-0.39, 0.29) is 0 Å². The fraction of sp³-hybridized carbons (Fsp3) is 0.0500. The first kappa shape index (κ1) is 17.0. The Kier molecular flexibility index (Phi) is 5.33. The first-order valence-electron chi connectivity index (χ1n) is 7.68. The molecule has 2 N–H and O–H groups in total. The number of rotatable bonds is 5. The van der Waals surface area contributed by atoms with Crippen molar-refractivity contribution in [1.82, 2.24) is 5.48 Å². The minimum atomic E-state index is -0.572. The number of amides is 1. The molecule has 0 unspecified atom stereocenters. The molecule has 0 heterocycles. The monoisotopic (exact) mass is 353 g/mol. The van der Waals surface area contributed by atoms with Gasteiger partial charge < -0.3 is 4.74 Å². The van der Waals surface area contributed by atoms with Crippen LogP contribution in [0.2, 0.25) is 5.02 Å². The van der Waals surface area contributed by atoms with Crippen molar-refractivity contribution >= 4 is 17.5 Å². The lowest BCUT2D eigenvalue weighted by Gasteiger charge is -2.09. The number of carbonyl (C=O) groups excluding carboxylic acids is 1. The van der Waals surface area contributed by atoms with E-state index in [1.807, 2.05) is 48.5 Å². The van der Waals surface area contributed by atoms with Crippen molar-refractivity contribution in [2.24, 2.45) is 0 Å². The van der Waals surface area contributed by atoms with Crippen molar-refractivity contribution in [2.75, 3.05) is 0 Å². The van der Waals surface area contributed by atoms with Gasteiger partial charge in [-0.3, -0.25) is 10.0 Å². The number of hydrogen-bond acceptors (Lipinski definition) is 3. The van der Waals surface area contributed by atoms with E-state index >= 15 is 0 Å². The van der Waals surface area contributed by atoms with Crippen molar-refractivity contribution in [2.45, 2.75) is 6.61 Å². The molecule has 0 saturated carbocycles. The molecule has 0 radical (unpaired) electrons. The first-order valence-corrected chi connectivity index (χ1v) is 8.06. The van der Waals surface area contributed by atoms with Gasteiger partial charge in [0.2, 0.25) is 0 Å². The second-order valence-electron chi connectivity index (χ2n) is 5.46. The molecule has 0 aliphatic heterocycles. The van der Waals surface area contributed by atoms with E-state index in [2.05, 4.69) is 0 Å². The third-order valence-electron chi connectivity index (χ3n) is 3.73. The zero-order valence-electron chi connectivity index (χ0n) is 13.3. The number of halogens is 1. The molecule has 1 amide bonds. The van der Waals surface area contributed by atoms with Gasteiger partial charge in [-0.1, -0.05) is 54.1 Å². The molecule has 0 aromatic heterocycles. The van der Waals surface area contributed by atoms with Gasteiger partial charge in [0.05, 0.1) is 0 Å². The molecule has 0 aliphatic rings. The minimum Gasteiger partial charge on any atom is -0.489 e. The van der Waals surface area contributed by atoms with Gasteiger partial charge >= 0.3 is 0 Å². The molecule has 3 aromatic rings. The largest absolute Gasteiger partial charge is 0.489 e. The Morgan fingerprint density at radius 2 is 1.60 bits per heavy atom. The second-order valence-corrected chi connectivity index (χ2v) is 5.90. The van der Waals surface area contributed by atoms with Crippen LogP contribution in [0, 0.1) is 0 Å². The predicted octanol–water partition coefficient (Wildman–Crippen LogP) is 4.71. The summed E-state index contributed by atoms with van der Waals surface area (Å²) in [6.45, 7) is 0.380. The van der Waals surface area contributed by atoms with E-state index < -0.39 is 5.91 Å². The third-order valence-corrected chi connectivity index (χ3v) is 3.99. The van der Waals surface area contributed by atoms with Crippen LogP contribution in [0.5, 0.6) is 5.75 Å². The van der Waals surface area contributed by atoms with E-state index in [9.17, 15) is 4.79 Å². The predicted molar refractivity (Wildman–Crippen MR) is 96.9 cm³/mol. The highest BCUT2D eigenvalue weighted by molar-refractivity contribution is 6.30. The van der Waals surface area contributed by atoms with Crippen LogP contribution in [0.4, 0.5) is 0 Å². The number of nitrogens with one attached hydrogen (secondary N) is 1. The molecule has 4 nitrogen and oxygen atoms in total. The van der Waals surface area contributed by atoms with E-state index in [1.165, 1.54) is 0 Å². The van der Waals surface area contributed by atoms with Crippen LogP contribution >= 0.6 is 11.6 Å². The number of carbonyl (C=O) groups is 1. The Morgan fingerprint density at radius 1 is 0.960 bits per heavy atom. The van der Waals surface area contributed by atoms with Gasteiger partial charge in [-0.05, 0) is 47.0 Å².